The number of halogens is 3. The summed E-state index contributed by atoms with van der Waals surface area (Å²) in [4.78, 5) is 23.2. The highest BCUT2D eigenvalue weighted by Gasteiger charge is 2.19. The zero-order valence-corrected chi connectivity index (χ0v) is 12.0. The predicted octanol–water partition coefficient (Wildman–Crippen LogP) is 3.21. The van der Waals surface area contributed by atoms with E-state index in [2.05, 4.69) is 10.1 Å². The number of ether oxygens (including phenoxy) is 1. The number of amides is 1. The van der Waals surface area contributed by atoms with Crippen molar-refractivity contribution < 1.29 is 27.5 Å². The molecule has 120 valence electrons. The molecule has 0 aliphatic heterocycles. The molecule has 23 heavy (non-hydrogen) atoms. The summed E-state index contributed by atoms with van der Waals surface area (Å²) in [5.41, 5.74) is -0.294. The van der Waals surface area contributed by atoms with Crippen molar-refractivity contribution >= 4 is 17.6 Å². The van der Waals surface area contributed by atoms with E-state index in [0.717, 1.165) is 24.3 Å². The Kier molecular flexibility index (Phi) is 5.00. The molecule has 0 heterocycles. The lowest BCUT2D eigenvalue weighted by atomic mass is 10.2. The molecule has 0 aliphatic rings. The van der Waals surface area contributed by atoms with Crippen molar-refractivity contribution in [3.05, 3.63) is 65.0 Å². The van der Waals surface area contributed by atoms with Gasteiger partial charge in [-0.3, -0.25) is 4.79 Å². The molecule has 4 nitrogen and oxygen atoms in total. The first kappa shape index (κ1) is 16.5. The second kappa shape index (κ2) is 6.95. The number of hydrogen-bond donors (Lipinski definition) is 1. The van der Waals surface area contributed by atoms with Crippen LogP contribution in [0.3, 0.4) is 0 Å². The molecule has 2 aromatic rings. The highest BCUT2D eigenvalue weighted by molar-refractivity contribution is 5.95. The van der Waals surface area contributed by atoms with Gasteiger partial charge in [0.25, 0.3) is 5.91 Å². The summed E-state index contributed by atoms with van der Waals surface area (Å²) in [6, 6.07) is 6.93. The second-order valence-corrected chi connectivity index (χ2v) is 4.68. The number of rotatable bonds is 4. The summed E-state index contributed by atoms with van der Waals surface area (Å²) in [6.07, 6.45) is 0. The maximum absolute atomic E-state index is 13.4. The van der Waals surface area contributed by atoms with Crippen LogP contribution >= 0.6 is 0 Å². The highest BCUT2D eigenvalue weighted by atomic mass is 19.1. The van der Waals surface area contributed by atoms with Crippen LogP contribution in [0.15, 0.2) is 36.4 Å². The van der Waals surface area contributed by atoms with E-state index in [4.69, 9.17) is 0 Å². The average Bonchev–Trinajstić information content (AvgIpc) is 2.49. The van der Waals surface area contributed by atoms with Crippen molar-refractivity contribution in [2.24, 2.45) is 0 Å². The van der Waals surface area contributed by atoms with Gasteiger partial charge >= 0.3 is 5.97 Å². The zero-order valence-electron chi connectivity index (χ0n) is 12.0. The molecule has 0 saturated heterocycles. The summed E-state index contributed by atoms with van der Waals surface area (Å²) < 4.78 is 44.6. The van der Waals surface area contributed by atoms with Crippen LogP contribution in [0, 0.1) is 24.4 Å². The maximum Gasteiger partial charge on any atom is 0.344 e. The summed E-state index contributed by atoms with van der Waals surface area (Å²) in [5.74, 6) is -4.75. The van der Waals surface area contributed by atoms with Gasteiger partial charge in [0.1, 0.15) is 23.0 Å². The molecular formula is C16H12F3NO3. The van der Waals surface area contributed by atoms with Gasteiger partial charge in [-0.15, -0.1) is 0 Å². The lowest BCUT2D eigenvalue weighted by molar-refractivity contribution is -0.119. The number of carbonyl (C=O) groups is 2. The van der Waals surface area contributed by atoms with Gasteiger partial charge in [-0.25, -0.2) is 18.0 Å². The Morgan fingerprint density at radius 1 is 1.04 bits per heavy atom. The van der Waals surface area contributed by atoms with Gasteiger partial charge in [0.15, 0.2) is 6.61 Å². The Balaban J connectivity index is 1.96. The fourth-order valence-electron chi connectivity index (χ4n) is 1.76. The number of anilines is 1. The van der Waals surface area contributed by atoms with Crippen LogP contribution in [0.25, 0.3) is 0 Å². The van der Waals surface area contributed by atoms with Crippen molar-refractivity contribution in [3.63, 3.8) is 0 Å². The van der Waals surface area contributed by atoms with Gasteiger partial charge in [-0.05, 0) is 36.8 Å². The van der Waals surface area contributed by atoms with Crippen molar-refractivity contribution in [3.8, 4) is 0 Å². The highest BCUT2D eigenvalue weighted by Crippen LogP contribution is 2.15. The van der Waals surface area contributed by atoms with E-state index in [9.17, 15) is 22.8 Å². The smallest absolute Gasteiger partial charge is 0.344 e. The Hall–Kier alpha value is -2.83. The van der Waals surface area contributed by atoms with Gasteiger partial charge in [0.05, 0.1) is 0 Å². The molecule has 1 amide bonds. The van der Waals surface area contributed by atoms with Crippen LogP contribution in [-0.2, 0) is 9.53 Å². The topological polar surface area (TPSA) is 55.4 Å². The van der Waals surface area contributed by atoms with E-state index in [1.54, 1.807) is 6.92 Å². The van der Waals surface area contributed by atoms with Gasteiger partial charge in [-0.2, -0.15) is 0 Å². The molecule has 0 aromatic heterocycles. The number of esters is 1. The monoisotopic (exact) mass is 323 g/mol. The number of carbonyl (C=O) groups excluding carboxylic acids is 2. The molecule has 0 saturated carbocycles. The average molecular weight is 323 g/mol. The molecule has 0 radical (unpaired) electrons. The third kappa shape index (κ3) is 4.09. The van der Waals surface area contributed by atoms with Crippen LogP contribution in [-0.4, -0.2) is 18.5 Å². The number of nitrogens with one attached hydrogen (secondary N) is 1. The lowest BCUT2D eigenvalue weighted by Gasteiger charge is -2.08. The molecular weight excluding hydrogens is 311 g/mol. The van der Waals surface area contributed by atoms with Crippen molar-refractivity contribution in [2.75, 3.05) is 11.9 Å². The minimum absolute atomic E-state index is 0.172. The van der Waals surface area contributed by atoms with Crippen molar-refractivity contribution in [1.82, 2.24) is 0 Å². The SMILES string of the molecule is Cc1ccc(NC(=O)COC(=O)c2c(F)cccc2F)cc1F. The summed E-state index contributed by atoms with van der Waals surface area (Å²) in [6.45, 7) is 0.799. The number of hydrogen-bond acceptors (Lipinski definition) is 3. The summed E-state index contributed by atoms with van der Waals surface area (Å²) in [7, 11) is 0. The summed E-state index contributed by atoms with van der Waals surface area (Å²) >= 11 is 0. The molecule has 2 rings (SSSR count). The fourth-order valence-corrected chi connectivity index (χ4v) is 1.76. The Morgan fingerprint density at radius 2 is 1.70 bits per heavy atom. The van der Waals surface area contributed by atoms with Gasteiger partial charge in [-0.1, -0.05) is 12.1 Å². The Bertz CT molecular complexity index is 742. The van der Waals surface area contributed by atoms with Crippen LogP contribution in [0.2, 0.25) is 0 Å². The normalized spacial score (nSPS) is 10.3. The predicted molar refractivity (Wildman–Crippen MR) is 76.4 cm³/mol. The maximum atomic E-state index is 13.4. The molecule has 1 N–H and O–H groups in total. The fraction of sp³-hybridized carbons (Fsp3) is 0.125. The van der Waals surface area contributed by atoms with Crippen molar-refractivity contribution in [2.45, 2.75) is 6.92 Å². The molecule has 0 bridgehead atoms. The van der Waals surface area contributed by atoms with Crippen LogP contribution in [0.1, 0.15) is 15.9 Å². The van der Waals surface area contributed by atoms with E-state index in [-0.39, 0.29) is 5.69 Å². The molecule has 0 spiro atoms. The molecule has 0 atom stereocenters. The number of benzene rings is 2. The van der Waals surface area contributed by atoms with E-state index < -0.39 is 41.5 Å². The minimum atomic E-state index is -1.30. The largest absolute Gasteiger partial charge is 0.452 e. The van der Waals surface area contributed by atoms with Gasteiger partial charge in [0.2, 0.25) is 0 Å². The molecule has 0 fully saturated rings. The first-order valence-electron chi connectivity index (χ1n) is 6.55. The number of aryl methyl sites for hydroxylation is 1. The Labute approximate surface area is 129 Å². The standard InChI is InChI=1S/C16H12F3NO3/c1-9-5-6-10(7-13(9)19)20-14(21)8-23-16(22)15-11(17)3-2-4-12(15)18/h2-7H,8H2,1H3,(H,20,21). The van der Waals surface area contributed by atoms with Gasteiger partial charge < -0.3 is 10.1 Å². The van der Waals surface area contributed by atoms with Crippen LogP contribution in [0.5, 0.6) is 0 Å². The summed E-state index contributed by atoms with van der Waals surface area (Å²) in [5, 5.41) is 2.30. The molecule has 0 aliphatic carbocycles. The molecule has 7 heteroatoms. The minimum Gasteiger partial charge on any atom is -0.452 e. The van der Waals surface area contributed by atoms with E-state index in [1.165, 1.54) is 12.1 Å². The van der Waals surface area contributed by atoms with Gasteiger partial charge in [0, 0.05) is 5.69 Å². The van der Waals surface area contributed by atoms with Crippen LogP contribution < -0.4 is 5.32 Å². The third-order valence-corrected chi connectivity index (χ3v) is 2.96. The quantitative estimate of drug-likeness (QED) is 0.879. The van der Waals surface area contributed by atoms with Crippen LogP contribution in [0.4, 0.5) is 18.9 Å². The first-order valence-corrected chi connectivity index (χ1v) is 6.55. The van der Waals surface area contributed by atoms with E-state index in [1.807, 2.05) is 0 Å². The first-order chi connectivity index (χ1) is 10.9. The molecule has 2 aromatic carbocycles. The zero-order chi connectivity index (χ0) is 17.0. The Morgan fingerprint density at radius 3 is 2.30 bits per heavy atom. The van der Waals surface area contributed by atoms with E-state index >= 15 is 0 Å². The second-order valence-electron chi connectivity index (χ2n) is 4.68. The van der Waals surface area contributed by atoms with E-state index in [0.29, 0.717) is 5.56 Å². The lowest BCUT2D eigenvalue weighted by Crippen LogP contribution is -2.22. The van der Waals surface area contributed by atoms with Crippen molar-refractivity contribution in [1.29, 1.82) is 0 Å². The molecule has 0 unspecified atom stereocenters. The third-order valence-electron chi connectivity index (χ3n) is 2.96.